The van der Waals surface area contributed by atoms with Crippen LogP contribution in [0.2, 0.25) is 0 Å². The van der Waals surface area contributed by atoms with Crippen LogP contribution in [-0.4, -0.2) is 37.1 Å². The standard InChI is InChI=1S/C12H16FN3O.BrH/c13-11-4-2-10(3-5-11)12(17)15-16-8-1-6-14-7-9-16;/h2-5,14H,1,6-9H2,(H,15,17);1H. The highest BCUT2D eigenvalue weighted by molar-refractivity contribution is 8.93. The summed E-state index contributed by atoms with van der Waals surface area (Å²) in [6, 6.07) is 5.55. The topological polar surface area (TPSA) is 44.4 Å². The molecule has 1 aromatic rings. The van der Waals surface area contributed by atoms with Crippen LogP contribution in [0.25, 0.3) is 0 Å². The van der Waals surface area contributed by atoms with Crippen molar-refractivity contribution in [1.29, 1.82) is 0 Å². The summed E-state index contributed by atoms with van der Waals surface area (Å²) in [5.41, 5.74) is 3.30. The molecule has 0 atom stereocenters. The summed E-state index contributed by atoms with van der Waals surface area (Å²) in [7, 11) is 0. The van der Waals surface area contributed by atoms with Gasteiger partial charge >= 0.3 is 0 Å². The second kappa shape index (κ2) is 7.45. The van der Waals surface area contributed by atoms with Crippen molar-refractivity contribution < 1.29 is 9.18 Å². The molecule has 1 saturated heterocycles. The minimum atomic E-state index is -0.333. The van der Waals surface area contributed by atoms with Crippen LogP contribution in [0.5, 0.6) is 0 Å². The van der Waals surface area contributed by atoms with Crippen molar-refractivity contribution in [1.82, 2.24) is 15.8 Å². The quantitative estimate of drug-likeness (QED) is 0.865. The molecule has 0 saturated carbocycles. The Balaban J connectivity index is 0.00000162. The van der Waals surface area contributed by atoms with Gasteiger partial charge in [0.2, 0.25) is 0 Å². The molecule has 0 bridgehead atoms. The first-order chi connectivity index (χ1) is 8.25. The van der Waals surface area contributed by atoms with E-state index in [1.165, 1.54) is 24.3 Å². The van der Waals surface area contributed by atoms with Crippen molar-refractivity contribution in [2.45, 2.75) is 6.42 Å². The number of nitrogens with one attached hydrogen (secondary N) is 2. The Bertz CT molecular complexity index is 377. The van der Waals surface area contributed by atoms with Crippen LogP contribution in [0.15, 0.2) is 24.3 Å². The van der Waals surface area contributed by atoms with Crippen molar-refractivity contribution in [3.63, 3.8) is 0 Å². The van der Waals surface area contributed by atoms with Crippen molar-refractivity contribution in [3.05, 3.63) is 35.6 Å². The summed E-state index contributed by atoms with van der Waals surface area (Å²) in [4.78, 5) is 11.8. The van der Waals surface area contributed by atoms with E-state index >= 15 is 0 Å². The molecule has 2 N–H and O–H groups in total. The van der Waals surface area contributed by atoms with E-state index in [4.69, 9.17) is 0 Å². The van der Waals surface area contributed by atoms with E-state index in [9.17, 15) is 9.18 Å². The fourth-order valence-electron chi connectivity index (χ4n) is 1.77. The Morgan fingerprint density at radius 2 is 1.94 bits per heavy atom. The second-order valence-electron chi connectivity index (χ2n) is 4.04. The zero-order chi connectivity index (χ0) is 12.1. The third-order valence-electron chi connectivity index (χ3n) is 2.71. The van der Waals surface area contributed by atoms with E-state index in [-0.39, 0.29) is 28.7 Å². The molecule has 1 aromatic carbocycles. The molecule has 1 amide bonds. The fraction of sp³-hybridized carbons (Fsp3) is 0.417. The highest BCUT2D eigenvalue weighted by Gasteiger charge is 2.12. The molecule has 4 nitrogen and oxygen atoms in total. The number of nitrogens with zero attached hydrogens (tertiary/aromatic N) is 1. The molecule has 18 heavy (non-hydrogen) atoms. The lowest BCUT2D eigenvalue weighted by Gasteiger charge is -2.20. The molecule has 0 unspecified atom stereocenters. The average Bonchev–Trinajstić information content (AvgIpc) is 2.58. The van der Waals surface area contributed by atoms with Crippen LogP contribution in [-0.2, 0) is 0 Å². The van der Waals surface area contributed by atoms with E-state index in [0.29, 0.717) is 5.56 Å². The molecule has 0 aromatic heterocycles. The normalized spacial score (nSPS) is 16.5. The lowest BCUT2D eigenvalue weighted by molar-refractivity contribution is 0.0799. The van der Waals surface area contributed by atoms with Crippen molar-refractivity contribution >= 4 is 22.9 Å². The molecule has 0 radical (unpaired) electrons. The predicted molar refractivity (Wildman–Crippen MR) is 73.2 cm³/mol. The summed E-state index contributed by atoms with van der Waals surface area (Å²) in [6.07, 6.45) is 1.00. The van der Waals surface area contributed by atoms with Crippen LogP contribution in [0.1, 0.15) is 16.8 Å². The highest BCUT2D eigenvalue weighted by Crippen LogP contribution is 2.03. The zero-order valence-electron chi connectivity index (χ0n) is 9.99. The van der Waals surface area contributed by atoms with Crippen LogP contribution in [0.4, 0.5) is 4.39 Å². The average molecular weight is 318 g/mol. The Labute approximate surface area is 116 Å². The number of rotatable bonds is 2. The molecule has 1 aliphatic heterocycles. The highest BCUT2D eigenvalue weighted by atomic mass is 79.9. The third-order valence-corrected chi connectivity index (χ3v) is 2.71. The van der Waals surface area contributed by atoms with Crippen LogP contribution < -0.4 is 10.7 Å². The lowest BCUT2D eigenvalue weighted by Crippen LogP contribution is -2.44. The van der Waals surface area contributed by atoms with Gasteiger partial charge in [0, 0.05) is 25.2 Å². The lowest BCUT2D eigenvalue weighted by atomic mass is 10.2. The number of benzene rings is 1. The monoisotopic (exact) mass is 317 g/mol. The molecule has 0 spiro atoms. The summed E-state index contributed by atoms with van der Waals surface area (Å²) < 4.78 is 12.7. The minimum Gasteiger partial charge on any atom is -0.315 e. The summed E-state index contributed by atoms with van der Waals surface area (Å²) in [6.45, 7) is 3.46. The Morgan fingerprint density at radius 3 is 2.67 bits per heavy atom. The molecular weight excluding hydrogens is 301 g/mol. The summed E-state index contributed by atoms with van der Waals surface area (Å²) >= 11 is 0. The SMILES string of the molecule is Br.O=C(NN1CCCNCC1)c1ccc(F)cc1. The van der Waals surface area contributed by atoms with Gasteiger partial charge in [-0.15, -0.1) is 17.0 Å². The molecular formula is C12H17BrFN3O. The maximum Gasteiger partial charge on any atom is 0.265 e. The fourth-order valence-corrected chi connectivity index (χ4v) is 1.77. The van der Waals surface area contributed by atoms with Gasteiger partial charge in [-0.25, -0.2) is 9.40 Å². The molecule has 1 aliphatic rings. The first-order valence-electron chi connectivity index (χ1n) is 5.78. The number of hydrogen-bond acceptors (Lipinski definition) is 3. The Kier molecular flexibility index (Phi) is 6.24. The van der Waals surface area contributed by atoms with Gasteiger partial charge in [0.15, 0.2) is 0 Å². The van der Waals surface area contributed by atoms with Gasteiger partial charge in [-0.1, -0.05) is 0 Å². The van der Waals surface area contributed by atoms with Crippen LogP contribution in [0.3, 0.4) is 0 Å². The number of hydrazine groups is 1. The summed E-state index contributed by atoms with van der Waals surface area (Å²) in [5, 5.41) is 5.15. The van der Waals surface area contributed by atoms with E-state index in [2.05, 4.69) is 10.7 Å². The van der Waals surface area contributed by atoms with Crippen LogP contribution >= 0.6 is 17.0 Å². The number of amides is 1. The van der Waals surface area contributed by atoms with Gasteiger partial charge in [0.1, 0.15) is 5.82 Å². The molecule has 2 rings (SSSR count). The van der Waals surface area contributed by atoms with Gasteiger partial charge < -0.3 is 5.32 Å². The summed E-state index contributed by atoms with van der Waals surface area (Å²) in [5.74, 6) is -0.521. The van der Waals surface area contributed by atoms with Crippen LogP contribution in [0, 0.1) is 5.82 Å². The third kappa shape index (κ3) is 4.36. The van der Waals surface area contributed by atoms with Gasteiger partial charge in [0.25, 0.3) is 5.91 Å². The smallest absolute Gasteiger partial charge is 0.265 e. The zero-order valence-corrected chi connectivity index (χ0v) is 11.7. The van der Waals surface area contributed by atoms with Gasteiger partial charge in [-0.2, -0.15) is 0 Å². The maximum atomic E-state index is 12.7. The van der Waals surface area contributed by atoms with E-state index in [1.807, 2.05) is 5.01 Å². The molecule has 6 heteroatoms. The molecule has 1 heterocycles. The first kappa shape index (κ1) is 15.1. The number of carbonyl (C=O) groups excluding carboxylic acids is 1. The number of halogens is 2. The van der Waals surface area contributed by atoms with Crippen molar-refractivity contribution in [2.24, 2.45) is 0 Å². The van der Waals surface area contributed by atoms with Gasteiger partial charge in [0.05, 0.1) is 0 Å². The predicted octanol–water partition coefficient (Wildman–Crippen LogP) is 1.34. The number of hydrogen-bond donors (Lipinski definition) is 2. The van der Waals surface area contributed by atoms with E-state index < -0.39 is 0 Å². The van der Waals surface area contributed by atoms with Crippen molar-refractivity contribution in [2.75, 3.05) is 26.2 Å². The minimum absolute atomic E-state index is 0. The first-order valence-corrected chi connectivity index (χ1v) is 5.78. The maximum absolute atomic E-state index is 12.7. The number of carbonyl (C=O) groups is 1. The van der Waals surface area contributed by atoms with Gasteiger partial charge in [-0.05, 0) is 37.2 Å². The second-order valence-corrected chi connectivity index (χ2v) is 4.04. The molecule has 1 fully saturated rings. The Morgan fingerprint density at radius 1 is 1.22 bits per heavy atom. The largest absolute Gasteiger partial charge is 0.315 e. The van der Waals surface area contributed by atoms with Crippen molar-refractivity contribution in [3.8, 4) is 0 Å². The van der Waals surface area contributed by atoms with Gasteiger partial charge in [-0.3, -0.25) is 10.2 Å². The van der Waals surface area contributed by atoms with E-state index in [0.717, 1.165) is 32.6 Å². The van der Waals surface area contributed by atoms with E-state index in [1.54, 1.807) is 0 Å². The Hall–Kier alpha value is -0.980. The molecule has 0 aliphatic carbocycles. The molecule has 100 valence electrons.